The molecule has 0 atom stereocenters. The number of likely N-dealkylation sites (N-methyl/N-ethyl adjacent to an activating group) is 1. The molecule has 3 aromatic rings. The fraction of sp³-hybridized carbons (Fsp3) is 0.263. The van der Waals surface area contributed by atoms with E-state index in [1.165, 1.54) is 18.4 Å². The molecular formula is C19H20N2O3S. The minimum Gasteiger partial charge on any atom is -0.464 e. The summed E-state index contributed by atoms with van der Waals surface area (Å²) in [5, 5.41) is 2.90. The Labute approximate surface area is 150 Å². The molecule has 5 nitrogen and oxygen atoms in total. The second kappa shape index (κ2) is 7.53. The van der Waals surface area contributed by atoms with Crippen LogP contribution in [0.3, 0.4) is 0 Å². The third-order valence-corrected chi connectivity index (χ3v) is 5.09. The molecule has 2 aromatic heterocycles. The number of hydrogen-bond acceptors (Lipinski definition) is 4. The van der Waals surface area contributed by atoms with E-state index in [0.717, 1.165) is 15.8 Å². The first-order valence-electron chi connectivity index (χ1n) is 8.10. The lowest BCUT2D eigenvalue weighted by atomic mass is 10.2. The van der Waals surface area contributed by atoms with Gasteiger partial charge in [-0.3, -0.25) is 4.79 Å². The van der Waals surface area contributed by atoms with E-state index in [-0.39, 0.29) is 12.5 Å². The molecule has 0 saturated carbocycles. The summed E-state index contributed by atoms with van der Waals surface area (Å²) in [5.74, 6) is -0.454. The SMILES string of the molecule is CCN(Cc1ccccc1)C(=O)Cn1c(C(=O)OC)cc2ccsc21. The van der Waals surface area contributed by atoms with Crippen molar-refractivity contribution < 1.29 is 14.3 Å². The Kier molecular flexibility index (Phi) is 5.19. The largest absolute Gasteiger partial charge is 0.464 e. The lowest BCUT2D eigenvalue weighted by Crippen LogP contribution is -2.33. The van der Waals surface area contributed by atoms with E-state index in [0.29, 0.717) is 18.8 Å². The normalized spacial score (nSPS) is 10.8. The summed E-state index contributed by atoms with van der Waals surface area (Å²) in [7, 11) is 1.35. The van der Waals surface area contributed by atoms with Gasteiger partial charge in [-0.1, -0.05) is 30.3 Å². The lowest BCUT2D eigenvalue weighted by Gasteiger charge is -2.22. The van der Waals surface area contributed by atoms with Gasteiger partial charge in [-0.25, -0.2) is 4.79 Å². The van der Waals surface area contributed by atoms with Crippen molar-refractivity contribution in [1.29, 1.82) is 0 Å². The molecule has 0 N–H and O–H groups in total. The molecule has 2 heterocycles. The molecule has 0 aliphatic carbocycles. The van der Waals surface area contributed by atoms with Gasteiger partial charge in [0.15, 0.2) is 0 Å². The summed E-state index contributed by atoms with van der Waals surface area (Å²) in [6, 6.07) is 13.6. The summed E-state index contributed by atoms with van der Waals surface area (Å²) in [6.07, 6.45) is 0. The van der Waals surface area contributed by atoms with E-state index >= 15 is 0 Å². The average Bonchev–Trinajstić information content (AvgIpc) is 3.22. The minimum atomic E-state index is -0.428. The number of rotatable bonds is 6. The Hall–Kier alpha value is -2.60. The number of amides is 1. The summed E-state index contributed by atoms with van der Waals surface area (Å²) < 4.78 is 6.61. The van der Waals surface area contributed by atoms with Gasteiger partial charge < -0.3 is 14.2 Å². The smallest absolute Gasteiger partial charge is 0.354 e. The molecule has 0 bridgehead atoms. The second-order valence-electron chi connectivity index (χ2n) is 5.68. The first kappa shape index (κ1) is 17.2. The molecule has 25 heavy (non-hydrogen) atoms. The molecule has 130 valence electrons. The van der Waals surface area contributed by atoms with Gasteiger partial charge in [-0.2, -0.15) is 0 Å². The molecule has 0 fully saturated rings. The predicted molar refractivity (Wildman–Crippen MR) is 98.7 cm³/mol. The molecule has 0 aliphatic heterocycles. The highest BCUT2D eigenvalue weighted by molar-refractivity contribution is 7.16. The quantitative estimate of drug-likeness (QED) is 0.635. The first-order valence-corrected chi connectivity index (χ1v) is 8.98. The van der Waals surface area contributed by atoms with Crippen LogP contribution in [0, 0.1) is 0 Å². The van der Waals surface area contributed by atoms with E-state index in [9.17, 15) is 9.59 Å². The zero-order chi connectivity index (χ0) is 17.8. The van der Waals surface area contributed by atoms with Gasteiger partial charge in [0.25, 0.3) is 0 Å². The molecule has 1 amide bonds. The number of esters is 1. The maximum Gasteiger partial charge on any atom is 0.354 e. The van der Waals surface area contributed by atoms with Crippen LogP contribution in [-0.4, -0.2) is 35.0 Å². The van der Waals surface area contributed by atoms with Crippen molar-refractivity contribution in [3.05, 3.63) is 59.1 Å². The van der Waals surface area contributed by atoms with E-state index in [2.05, 4.69) is 0 Å². The number of hydrogen-bond donors (Lipinski definition) is 0. The number of thiophene rings is 1. The van der Waals surface area contributed by atoms with Gasteiger partial charge in [-0.15, -0.1) is 11.3 Å². The maximum absolute atomic E-state index is 12.8. The van der Waals surface area contributed by atoms with Crippen LogP contribution in [0.15, 0.2) is 47.8 Å². The van der Waals surface area contributed by atoms with Gasteiger partial charge in [0.1, 0.15) is 17.1 Å². The number of carbonyl (C=O) groups excluding carboxylic acids is 2. The van der Waals surface area contributed by atoms with Crippen molar-refractivity contribution in [3.8, 4) is 0 Å². The van der Waals surface area contributed by atoms with Crippen LogP contribution in [0.4, 0.5) is 0 Å². The van der Waals surface area contributed by atoms with Crippen LogP contribution < -0.4 is 0 Å². The Bertz CT molecular complexity index is 883. The van der Waals surface area contributed by atoms with Crippen molar-refractivity contribution in [2.75, 3.05) is 13.7 Å². The third kappa shape index (κ3) is 3.58. The maximum atomic E-state index is 12.8. The van der Waals surface area contributed by atoms with E-state index in [1.807, 2.05) is 48.7 Å². The Morgan fingerprint density at radius 2 is 1.96 bits per heavy atom. The van der Waals surface area contributed by atoms with Gasteiger partial charge >= 0.3 is 5.97 Å². The van der Waals surface area contributed by atoms with E-state index < -0.39 is 5.97 Å². The van der Waals surface area contributed by atoms with Gasteiger partial charge in [0, 0.05) is 18.5 Å². The fourth-order valence-electron chi connectivity index (χ4n) is 2.82. The van der Waals surface area contributed by atoms with Crippen LogP contribution in [0.25, 0.3) is 10.2 Å². The standard InChI is InChI=1S/C19H20N2O3S/c1-3-20(12-14-7-5-4-6-8-14)17(22)13-21-16(19(23)24-2)11-15-9-10-25-18(15)21/h4-11H,3,12-13H2,1-2H3. The highest BCUT2D eigenvalue weighted by atomic mass is 32.1. The van der Waals surface area contributed by atoms with Gasteiger partial charge in [-0.05, 0) is 30.0 Å². The van der Waals surface area contributed by atoms with Crippen LogP contribution in [0.2, 0.25) is 0 Å². The monoisotopic (exact) mass is 356 g/mol. The fourth-order valence-corrected chi connectivity index (χ4v) is 3.72. The summed E-state index contributed by atoms with van der Waals surface area (Å²) in [4.78, 5) is 27.6. The average molecular weight is 356 g/mol. The Morgan fingerprint density at radius 3 is 2.64 bits per heavy atom. The topological polar surface area (TPSA) is 51.5 Å². The van der Waals surface area contributed by atoms with Crippen LogP contribution in [0.5, 0.6) is 0 Å². The van der Waals surface area contributed by atoms with Crippen LogP contribution >= 0.6 is 11.3 Å². The number of benzene rings is 1. The number of aromatic nitrogens is 1. The van der Waals surface area contributed by atoms with E-state index in [4.69, 9.17) is 4.74 Å². The Balaban J connectivity index is 1.85. The summed E-state index contributed by atoms with van der Waals surface area (Å²) in [6.45, 7) is 3.24. The van der Waals surface area contributed by atoms with Crippen molar-refractivity contribution >= 4 is 33.4 Å². The number of ether oxygens (including phenoxy) is 1. The second-order valence-corrected chi connectivity index (χ2v) is 6.58. The highest BCUT2D eigenvalue weighted by Gasteiger charge is 2.21. The van der Waals surface area contributed by atoms with Crippen molar-refractivity contribution in [1.82, 2.24) is 9.47 Å². The van der Waals surface area contributed by atoms with E-state index in [1.54, 1.807) is 15.5 Å². The zero-order valence-corrected chi connectivity index (χ0v) is 15.1. The molecule has 3 rings (SSSR count). The molecule has 0 saturated heterocycles. The number of fused-ring (bicyclic) bond motifs is 1. The molecule has 0 unspecified atom stereocenters. The first-order chi connectivity index (χ1) is 12.1. The summed E-state index contributed by atoms with van der Waals surface area (Å²) in [5.41, 5.74) is 1.49. The molecule has 0 aliphatic rings. The van der Waals surface area contributed by atoms with Gasteiger partial charge in [0.2, 0.25) is 5.91 Å². The molecule has 0 radical (unpaired) electrons. The van der Waals surface area contributed by atoms with Crippen LogP contribution in [0.1, 0.15) is 23.0 Å². The van der Waals surface area contributed by atoms with Crippen molar-refractivity contribution in [2.45, 2.75) is 20.0 Å². The minimum absolute atomic E-state index is 0.0255. The number of carbonyl (C=O) groups is 2. The third-order valence-electron chi connectivity index (χ3n) is 4.14. The molecule has 0 spiro atoms. The van der Waals surface area contributed by atoms with Gasteiger partial charge in [0.05, 0.1) is 7.11 Å². The molecule has 6 heteroatoms. The Morgan fingerprint density at radius 1 is 1.20 bits per heavy atom. The van der Waals surface area contributed by atoms with Crippen molar-refractivity contribution in [3.63, 3.8) is 0 Å². The highest BCUT2D eigenvalue weighted by Crippen LogP contribution is 2.26. The number of nitrogens with zero attached hydrogens (tertiary/aromatic N) is 2. The summed E-state index contributed by atoms with van der Waals surface area (Å²) >= 11 is 1.51. The van der Waals surface area contributed by atoms with Crippen molar-refractivity contribution in [2.24, 2.45) is 0 Å². The predicted octanol–water partition coefficient (Wildman–Crippen LogP) is 3.54. The molecule has 1 aromatic carbocycles. The zero-order valence-electron chi connectivity index (χ0n) is 14.3. The van der Waals surface area contributed by atoms with Crippen LogP contribution in [-0.2, 0) is 22.6 Å². The number of methoxy groups -OCH3 is 1. The lowest BCUT2D eigenvalue weighted by molar-refractivity contribution is -0.132. The molecular weight excluding hydrogens is 336 g/mol.